The lowest BCUT2D eigenvalue weighted by Crippen LogP contribution is -2.38. The minimum atomic E-state index is 0.156. The molecular weight excluding hydrogens is 274 g/mol. The summed E-state index contributed by atoms with van der Waals surface area (Å²) in [6, 6.07) is 6.78. The number of carbonyl (C=O) groups is 1. The maximum Gasteiger partial charge on any atom is 0.260 e. The van der Waals surface area contributed by atoms with Crippen molar-refractivity contribution in [2.75, 3.05) is 13.2 Å². The predicted molar refractivity (Wildman–Crippen MR) is 88.2 cm³/mol. The van der Waals surface area contributed by atoms with Gasteiger partial charge in [-0.25, -0.2) is 0 Å². The van der Waals surface area contributed by atoms with E-state index in [1.165, 1.54) is 31.2 Å². The fourth-order valence-corrected chi connectivity index (χ4v) is 2.77. The predicted octanol–water partition coefficient (Wildman–Crippen LogP) is 3.90. The molecule has 0 radical (unpaired) electrons. The molecule has 22 heavy (non-hydrogen) atoms. The first-order valence-electron chi connectivity index (χ1n) is 8.57. The standard InChI is InChI=1S/C19H27NO2/c1-13(2)16-7-4-14(3)18(10-16)22-12-19(21)20(17-8-9-17)11-15-5-6-15/h4,7,10,13,15,17H,5-6,8-9,11-12H2,1-3H3. The second kappa shape index (κ2) is 6.31. The van der Waals surface area contributed by atoms with E-state index in [-0.39, 0.29) is 12.5 Å². The molecule has 0 heterocycles. The van der Waals surface area contributed by atoms with Gasteiger partial charge in [-0.15, -0.1) is 0 Å². The Labute approximate surface area is 133 Å². The first-order valence-corrected chi connectivity index (χ1v) is 8.57. The summed E-state index contributed by atoms with van der Waals surface area (Å²) in [7, 11) is 0. The number of nitrogens with zero attached hydrogens (tertiary/aromatic N) is 1. The molecule has 0 bridgehead atoms. The first-order chi connectivity index (χ1) is 10.5. The molecule has 0 aliphatic heterocycles. The fourth-order valence-electron chi connectivity index (χ4n) is 2.77. The lowest BCUT2D eigenvalue weighted by atomic mass is 10.0. The van der Waals surface area contributed by atoms with Crippen molar-refractivity contribution < 1.29 is 9.53 Å². The van der Waals surface area contributed by atoms with Crippen molar-refractivity contribution in [3.05, 3.63) is 29.3 Å². The second-order valence-electron chi connectivity index (χ2n) is 7.19. The average Bonchev–Trinajstić information content (AvgIpc) is 3.36. The van der Waals surface area contributed by atoms with E-state index in [0.717, 1.165) is 23.8 Å². The lowest BCUT2D eigenvalue weighted by Gasteiger charge is -2.23. The summed E-state index contributed by atoms with van der Waals surface area (Å²) in [5.41, 5.74) is 2.35. The highest BCUT2D eigenvalue weighted by Crippen LogP contribution is 2.35. The molecule has 3 heteroatoms. The number of hydrogen-bond acceptors (Lipinski definition) is 2. The van der Waals surface area contributed by atoms with E-state index in [2.05, 4.69) is 36.9 Å². The minimum absolute atomic E-state index is 0.156. The van der Waals surface area contributed by atoms with Gasteiger partial charge in [-0.2, -0.15) is 0 Å². The van der Waals surface area contributed by atoms with Gasteiger partial charge in [-0.1, -0.05) is 26.0 Å². The van der Waals surface area contributed by atoms with Gasteiger partial charge < -0.3 is 9.64 Å². The van der Waals surface area contributed by atoms with Crippen LogP contribution in [0.15, 0.2) is 18.2 Å². The van der Waals surface area contributed by atoms with Gasteiger partial charge in [0.25, 0.3) is 5.91 Å². The van der Waals surface area contributed by atoms with Crippen molar-refractivity contribution in [3.8, 4) is 5.75 Å². The van der Waals surface area contributed by atoms with Crippen LogP contribution < -0.4 is 4.74 Å². The molecule has 0 saturated heterocycles. The van der Waals surface area contributed by atoms with E-state index in [4.69, 9.17) is 4.74 Å². The van der Waals surface area contributed by atoms with Crippen LogP contribution in [0.4, 0.5) is 0 Å². The van der Waals surface area contributed by atoms with Gasteiger partial charge in [0, 0.05) is 12.6 Å². The quantitative estimate of drug-likeness (QED) is 0.764. The van der Waals surface area contributed by atoms with Crippen molar-refractivity contribution in [2.24, 2.45) is 5.92 Å². The number of amides is 1. The molecule has 2 aliphatic rings. The minimum Gasteiger partial charge on any atom is -0.483 e. The Morgan fingerprint density at radius 2 is 2.00 bits per heavy atom. The number of benzene rings is 1. The number of aryl methyl sites for hydroxylation is 1. The van der Waals surface area contributed by atoms with Crippen LogP contribution in [0.3, 0.4) is 0 Å². The molecule has 120 valence electrons. The van der Waals surface area contributed by atoms with Gasteiger partial charge in [-0.05, 0) is 61.6 Å². The molecule has 0 atom stereocenters. The zero-order valence-electron chi connectivity index (χ0n) is 14.0. The smallest absolute Gasteiger partial charge is 0.260 e. The Kier molecular flexibility index (Phi) is 4.42. The maximum atomic E-state index is 12.5. The Bertz CT molecular complexity index is 544. The highest BCUT2D eigenvalue weighted by atomic mass is 16.5. The average molecular weight is 301 g/mol. The molecule has 3 rings (SSSR count). The molecule has 0 N–H and O–H groups in total. The van der Waals surface area contributed by atoms with E-state index in [1.54, 1.807) is 0 Å². The lowest BCUT2D eigenvalue weighted by molar-refractivity contribution is -0.134. The van der Waals surface area contributed by atoms with Gasteiger partial charge in [-0.3, -0.25) is 4.79 Å². The van der Waals surface area contributed by atoms with Gasteiger partial charge in [0.05, 0.1) is 0 Å². The van der Waals surface area contributed by atoms with Crippen molar-refractivity contribution >= 4 is 5.91 Å². The van der Waals surface area contributed by atoms with Gasteiger partial charge in [0.1, 0.15) is 5.75 Å². The molecule has 3 nitrogen and oxygen atoms in total. The van der Waals surface area contributed by atoms with Crippen LogP contribution >= 0.6 is 0 Å². The fraction of sp³-hybridized carbons (Fsp3) is 0.632. The number of carbonyl (C=O) groups excluding carboxylic acids is 1. The summed E-state index contributed by atoms with van der Waals surface area (Å²) >= 11 is 0. The summed E-state index contributed by atoms with van der Waals surface area (Å²) in [4.78, 5) is 14.6. The van der Waals surface area contributed by atoms with Crippen LogP contribution in [0.1, 0.15) is 56.6 Å². The highest BCUT2D eigenvalue weighted by Gasteiger charge is 2.36. The molecule has 0 spiro atoms. The van der Waals surface area contributed by atoms with Crippen LogP contribution in [0.25, 0.3) is 0 Å². The largest absolute Gasteiger partial charge is 0.483 e. The summed E-state index contributed by atoms with van der Waals surface area (Å²) < 4.78 is 5.86. The Hall–Kier alpha value is -1.51. The van der Waals surface area contributed by atoms with E-state index in [1.807, 2.05) is 6.92 Å². The molecule has 1 aromatic rings. The van der Waals surface area contributed by atoms with E-state index >= 15 is 0 Å². The van der Waals surface area contributed by atoms with Gasteiger partial charge >= 0.3 is 0 Å². The normalized spacial score (nSPS) is 17.6. The van der Waals surface area contributed by atoms with Crippen molar-refractivity contribution in [2.45, 2.75) is 58.4 Å². The van der Waals surface area contributed by atoms with Crippen molar-refractivity contribution in [1.29, 1.82) is 0 Å². The van der Waals surface area contributed by atoms with Crippen LogP contribution in [0.2, 0.25) is 0 Å². The van der Waals surface area contributed by atoms with Crippen molar-refractivity contribution in [1.82, 2.24) is 4.90 Å². The van der Waals surface area contributed by atoms with Crippen LogP contribution in [0.5, 0.6) is 5.75 Å². The first kappa shape index (κ1) is 15.4. The Morgan fingerprint density at radius 3 is 2.59 bits per heavy atom. The third-order valence-corrected chi connectivity index (χ3v) is 4.69. The molecule has 0 unspecified atom stereocenters. The van der Waals surface area contributed by atoms with Gasteiger partial charge in [0.15, 0.2) is 6.61 Å². The third-order valence-electron chi connectivity index (χ3n) is 4.69. The van der Waals surface area contributed by atoms with E-state index in [0.29, 0.717) is 12.0 Å². The molecule has 2 aliphatic carbocycles. The molecule has 1 amide bonds. The van der Waals surface area contributed by atoms with E-state index in [9.17, 15) is 4.79 Å². The molecular formula is C19H27NO2. The second-order valence-corrected chi connectivity index (χ2v) is 7.19. The number of ether oxygens (including phenoxy) is 1. The maximum absolute atomic E-state index is 12.5. The summed E-state index contributed by atoms with van der Waals surface area (Å²) in [6.45, 7) is 7.49. The zero-order chi connectivity index (χ0) is 15.7. The number of hydrogen-bond donors (Lipinski definition) is 0. The van der Waals surface area contributed by atoms with Crippen LogP contribution in [-0.2, 0) is 4.79 Å². The summed E-state index contributed by atoms with van der Waals surface area (Å²) in [5, 5.41) is 0. The molecule has 2 saturated carbocycles. The molecule has 0 aromatic heterocycles. The Morgan fingerprint density at radius 1 is 1.27 bits per heavy atom. The summed E-state index contributed by atoms with van der Waals surface area (Å²) in [6.07, 6.45) is 4.90. The highest BCUT2D eigenvalue weighted by molar-refractivity contribution is 5.78. The van der Waals surface area contributed by atoms with Crippen LogP contribution in [-0.4, -0.2) is 30.0 Å². The van der Waals surface area contributed by atoms with E-state index < -0.39 is 0 Å². The third kappa shape index (κ3) is 3.82. The summed E-state index contributed by atoms with van der Waals surface area (Å²) in [5.74, 6) is 2.22. The monoisotopic (exact) mass is 301 g/mol. The zero-order valence-corrected chi connectivity index (χ0v) is 14.0. The number of rotatable bonds is 7. The van der Waals surface area contributed by atoms with Gasteiger partial charge in [0.2, 0.25) is 0 Å². The molecule has 1 aromatic carbocycles. The molecule has 2 fully saturated rings. The SMILES string of the molecule is Cc1ccc(C(C)C)cc1OCC(=O)N(CC1CC1)C1CC1. The van der Waals surface area contributed by atoms with Crippen molar-refractivity contribution in [3.63, 3.8) is 0 Å². The Balaban J connectivity index is 1.60. The topological polar surface area (TPSA) is 29.5 Å². The van der Waals surface area contributed by atoms with Crippen LogP contribution in [0, 0.1) is 12.8 Å².